The van der Waals surface area contributed by atoms with Gasteiger partial charge in [-0.2, -0.15) is 8.42 Å². The van der Waals surface area contributed by atoms with Gasteiger partial charge < -0.3 is 15.0 Å². The summed E-state index contributed by atoms with van der Waals surface area (Å²) in [6, 6.07) is 7.42. The first kappa shape index (κ1) is 17.5. The van der Waals surface area contributed by atoms with Gasteiger partial charge in [0, 0.05) is 12.0 Å². The van der Waals surface area contributed by atoms with E-state index in [0.717, 1.165) is 23.3 Å². The van der Waals surface area contributed by atoms with Crippen LogP contribution in [-0.2, 0) is 16.7 Å². The molecule has 0 aliphatic carbocycles. The SMILES string of the molecule is COc1ccc(CC2=C(CC(C)C)C=C[NH+]([O-])C2=S(=O)=O)cc1. The van der Waals surface area contributed by atoms with Crippen molar-refractivity contribution in [2.45, 2.75) is 26.7 Å². The van der Waals surface area contributed by atoms with Crippen molar-refractivity contribution in [2.24, 2.45) is 5.92 Å². The number of rotatable bonds is 5. The minimum absolute atomic E-state index is 0.112. The fourth-order valence-electron chi connectivity index (χ4n) is 2.60. The van der Waals surface area contributed by atoms with Crippen molar-refractivity contribution in [3.8, 4) is 5.75 Å². The third-order valence-corrected chi connectivity index (χ3v) is 4.44. The van der Waals surface area contributed by atoms with Crippen molar-refractivity contribution in [1.82, 2.24) is 0 Å². The van der Waals surface area contributed by atoms with E-state index in [1.807, 2.05) is 24.3 Å². The molecule has 0 radical (unpaired) electrons. The maximum atomic E-state index is 12.0. The maximum Gasteiger partial charge on any atom is 0.277 e. The number of allylic oxidation sites excluding steroid dienone is 2. The molecule has 23 heavy (non-hydrogen) atoms. The number of hydrogen-bond acceptors (Lipinski definition) is 4. The van der Waals surface area contributed by atoms with Gasteiger partial charge in [0.2, 0.25) is 0 Å². The summed E-state index contributed by atoms with van der Waals surface area (Å²) in [4.78, 5) is -0.112. The van der Waals surface area contributed by atoms with E-state index in [-0.39, 0.29) is 4.99 Å². The van der Waals surface area contributed by atoms with Crippen molar-refractivity contribution in [3.05, 3.63) is 58.5 Å². The van der Waals surface area contributed by atoms with Gasteiger partial charge >= 0.3 is 0 Å². The highest BCUT2D eigenvalue weighted by atomic mass is 32.2. The van der Waals surface area contributed by atoms with Gasteiger partial charge in [0.25, 0.3) is 15.3 Å². The number of ether oxygens (including phenoxy) is 1. The van der Waals surface area contributed by atoms with E-state index in [0.29, 0.717) is 17.9 Å². The average Bonchev–Trinajstić information content (AvgIpc) is 2.50. The second kappa shape index (κ2) is 7.59. The Morgan fingerprint density at radius 3 is 2.39 bits per heavy atom. The first-order chi connectivity index (χ1) is 10.9. The molecule has 1 N–H and O–H groups in total. The molecule has 1 aromatic rings. The van der Waals surface area contributed by atoms with Crippen LogP contribution in [0.2, 0.25) is 0 Å². The van der Waals surface area contributed by atoms with Crippen molar-refractivity contribution in [2.75, 3.05) is 7.11 Å². The lowest BCUT2D eigenvalue weighted by atomic mass is 9.92. The minimum atomic E-state index is -2.54. The van der Waals surface area contributed by atoms with E-state index in [9.17, 15) is 13.6 Å². The lowest BCUT2D eigenvalue weighted by molar-refractivity contribution is -0.680. The number of hydrogen-bond donors (Lipinski definition) is 1. The summed E-state index contributed by atoms with van der Waals surface area (Å²) < 4.78 is 28.2. The second-order valence-corrected chi connectivity index (χ2v) is 6.77. The smallest absolute Gasteiger partial charge is 0.277 e. The largest absolute Gasteiger partial charge is 0.623 e. The molecule has 124 valence electrons. The monoisotopic (exact) mass is 335 g/mol. The van der Waals surface area contributed by atoms with Crippen LogP contribution in [0.15, 0.2) is 47.7 Å². The van der Waals surface area contributed by atoms with E-state index in [1.54, 1.807) is 13.2 Å². The van der Waals surface area contributed by atoms with Crippen molar-refractivity contribution in [1.29, 1.82) is 0 Å². The normalized spacial score (nSPS) is 17.8. The van der Waals surface area contributed by atoms with E-state index in [1.165, 1.54) is 6.20 Å². The molecule has 2 rings (SSSR count). The fourth-order valence-corrected chi connectivity index (χ4v) is 3.24. The van der Waals surface area contributed by atoms with E-state index in [4.69, 9.17) is 4.74 Å². The van der Waals surface area contributed by atoms with Crippen molar-refractivity contribution >= 4 is 15.3 Å². The van der Waals surface area contributed by atoms with Crippen LogP contribution in [0, 0.1) is 11.1 Å². The van der Waals surface area contributed by atoms with Gasteiger partial charge in [-0.15, -0.1) is 0 Å². The number of benzene rings is 1. The zero-order valence-electron chi connectivity index (χ0n) is 13.5. The molecule has 0 saturated heterocycles. The summed E-state index contributed by atoms with van der Waals surface area (Å²) in [7, 11) is -0.951. The van der Waals surface area contributed by atoms with E-state index < -0.39 is 15.4 Å². The van der Waals surface area contributed by atoms with Gasteiger partial charge in [-0.1, -0.05) is 26.0 Å². The Bertz CT molecular complexity index is 750. The number of hydroxylamine groups is 2. The highest BCUT2D eigenvalue weighted by Crippen LogP contribution is 2.22. The van der Waals surface area contributed by atoms with Crippen LogP contribution < -0.4 is 9.80 Å². The lowest BCUT2D eigenvalue weighted by Crippen LogP contribution is -3.06. The molecular formula is C17H21NO4S. The molecule has 0 saturated carbocycles. The molecule has 1 aliphatic rings. The molecular weight excluding hydrogens is 314 g/mol. The van der Waals surface area contributed by atoms with Gasteiger partial charge in [0.05, 0.1) is 7.11 Å². The molecule has 1 atom stereocenters. The van der Waals surface area contributed by atoms with Crippen molar-refractivity contribution < 1.29 is 18.2 Å². The lowest BCUT2D eigenvalue weighted by Gasteiger charge is -2.25. The molecule has 5 nitrogen and oxygen atoms in total. The Morgan fingerprint density at radius 2 is 1.87 bits per heavy atom. The van der Waals surface area contributed by atoms with Crippen LogP contribution in [0.25, 0.3) is 0 Å². The van der Waals surface area contributed by atoms with Gasteiger partial charge in [0.1, 0.15) is 11.9 Å². The van der Waals surface area contributed by atoms with Crippen LogP contribution in [0.4, 0.5) is 0 Å². The summed E-state index contributed by atoms with van der Waals surface area (Å²) in [6.07, 6.45) is 4.24. The Balaban J connectivity index is 2.46. The molecule has 0 aromatic heterocycles. The average molecular weight is 335 g/mol. The molecule has 0 fully saturated rings. The second-order valence-electron chi connectivity index (χ2n) is 5.89. The molecule has 1 aliphatic heterocycles. The Labute approximate surface area is 138 Å². The van der Waals surface area contributed by atoms with E-state index in [2.05, 4.69) is 13.8 Å². The summed E-state index contributed by atoms with van der Waals surface area (Å²) in [5.41, 5.74) is 2.45. The number of quaternary nitrogens is 1. The third-order valence-electron chi connectivity index (χ3n) is 3.66. The predicted molar refractivity (Wildman–Crippen MR) is 90.6 cm³/mol. The summed E-state index contributed by atoms with van der Waals surface area (Å²) in [5, 5.41) is 11.5. The van der Waals surface area contributed by atoms with Crippen LogP contribution in [0.3, 0.4) is 0 Å². The molecule has 6 heteroatoms. The first-order valence-corrected chi connectivity index (χ1v) is 8.53. The Hall–Kier alpha value is -1.89. The molecule has 1 aromatic carbocycles. The molecule has 0 bridgehead atoms. The van der Waals surface area contributed by atoms with Crippen molar-refractivity contribution in [3.63, 3.8) is 0 Å². The minimum Gasteiger partial charge on any atom is -0.623 e. The summed E-state index contributed by atoms with van der Waals surface area (Å²) in [5.74, 6) is 1.11. The molecule has 1 unspecified atom stereocenters. The first-order valence-electron chi connectivity index (χ1n) is 7.46. The summed E-state index contributed by atoms with van der Waals surface area (Å²) in [6.45, 7) is 4.13. The Morgan fingerprint density at radius 1 is 1.22 bits per heavy atom. The van der Waals surface area contributed by atoms with Crippen LogP contribution in [0.1, 0.15) is 25.8 Å². The highest BCUT2D eigenvalue weighted by Gasteiger charge is 2.24. The number of methoxy groups -OCH3 is 1. The van der Waals surface area contributed by atoms with Gasteiger partial charge in [-0.3, -0.25) is 0 Å². The van der Waals surface area contributed by atoms with Gasteiger partial charge in [0.15, 0.2) is 0 Å². The van der Waals surface area contributed by atoms with E-state index >= 15 is 0 Å². The van der Waals surface area contributed by atoms with Gasteiger partial charge in [-0.05, 0) is 41.7 Å². The quantitative estimate of drug-likeness (QED) is 0.654. The van der Waals surface area contributed by atoms with Crippen LogP contribution >= 0.6 is 0 Å². The maximum absolute atomic E-state index is 12.0. The summed E-state index contributed by atoms with van der Waals surface area (Å²) >= 11 is 0. The Kier molecular flexibility index (Phi) is 5.76. The fraction of sp³-hybridized carbons (Fsp3) is 0.353. The molecule has 0 spiro atoms. The highest BCUT2D eigenvalue weighted by molar-refractivity contribution is 7.72. The van der Waals surface area contributed by atoms with Crippen LogP contribution in [-0.4, -0.2) is 20.5 Å². The topological polar surface area (TPSA) is 70.9 Å². The van der Waals surface area contributed by atoms with Gasteiger partial charge in [-0.25, -0.2) is 0 Å². The number of nitrogens with one attached hydrogen (secondary N) is 1. The van der Waals surface area contributed by atoms with Crippen LogP contribution in [0.5, 0.6) is 5.75 Å². The third kappa shape index (κ3) is 4.31. The predicted octanol–water partition coefficient (Wildman–Crippen LogP) is 1.50. The standard InChI is InChI=1S/C17H21NO4S/c1-12(2)10-14-8-9-18(19)17(23(20)21)16(14)11-13-4-6-15(22-3)7-5-13/h4-9,12,18H,10-11H2,1-3H3. The zero-order valence-corrected chi connectivity index (χ0v) is 14.3. The molecule has 0 amide bonds. The molecule has 1 heterocycles. The zero-order chi connectivity index (χ0) is 17.0.